The molecule has 2 nitrogen and oxygen atoms in total. The molecule has 0 radical (unpaired) electrons. The van der Waals surface area contributed by atoms with Gasteiger partial charge in [0.05, 0.1) is 5.69 Å². The minimum Gasteiger partial charge on any atom is -0.327 e. The molecule has 1 aliphatic rings. The lowest BCUT2D eigenvalue weighted by Gasteiger charge is -2.22. The van der Waals surface area contributed by atoms with Crippen molar-refractivity contribution in [2.75, 3.05) is 0 Å². The molecule has 2 aromatic rings. The summed E-state index contributed by atoms with van der Waals surface area (Å²) in [6.07, 6.45) is 2.39. The van der Waals surface area contributed by atoms with Gasteiger partial charge in [0.1, 0.15) is 10.4 Å². The highest BCUT2D eigenvalue weighted by molar-refractivity contribution is 9.10. The highest BCUT2D eigenvalue weighted by Gasteiger charge is 2.22. The van der Waals surface area contributed by atoms with Crippen LogP contribution in [0.5, 0.6) is 0 Å². The van der Waals surface area contributed by atoms with Crippen LogP contribution in [0.1, 0.15) is 24.6 Å². The van der Waals surface area contributed by atoms with Gasteiger partial charge in [0, 0.05) is 12.1 Å². The first-order valence-corrected chi connectivity index (χ1v) is 7.26. The van der Waals surface area contributed by atoms with Gasteiger partial charge >= 0.3 is 0 Å². The lowest BCUT2D eigenvalue weighted by Crippen LogP contribution is -2.18. The zero-order chi connectivity index (χ0) is 12.7. The molecule has 1 atom stereocenters. The summed E-state index contributed by atoms with van der Waals surface area (Å²) in [6.45, 7) is 5.52. The molecule has 3 heteroatoms. The van der Waals surface area contributed by atoms with E-state index in [4.69, 9.17) is 4.98 Å². The van der Waals surface area contributed by atoms with Crippen LogP contribution in [0.4, 0.5) is 0 Å². The number of rotatable bonds is 1. The zero-order valence-corrected chi connectivity index (χ0v) is 12.4. The van der Waals surface area contributed by atoms with Crippen molar-refractivity contribution in [2.24, 2.45) is 5.92 Å². The van der Waals surface area contributed by atoms with Crippen molar-refractivity contribution in [3.63, 3.8) is 0 Å². The summed E-state index contributed by atoms with van der Waals surface area (Å²) < 4.78 is 3.40. The van der Waals surface area contributed by atoms with Gasteiger partial charge in [0.2, 0.25) is 0 Å². The summed E-state index contributed by atoms with van der Waals surface area (Å²) in [4.78, 5) is 4.72. The minimum atomic E-state index is 0.738. The topological polar surface area (TPSA) is 17.8 Å². The fourth-order valence-electron chi connectivity index (χ4n) is 2.68. The van der Waals surface area contributed by atoms with E-state index in [1.807, 2.05) is 0 Å². The summed E-state index contributed by atoms with van der Waals surface area (Å²) >= 11 is 3.61. The Hall–Kier alpha value is -1.09. The van der Waals surface area contributed by atoms with Crippen LogP contribution < -0.4 is 0 Å². The highest BCUT2D eigenvalue weighted by atomic mass is 79.9. The molecule has 0 saturated heterocycles. The number of aromatic nitrogens is 2. The Bertz CT molecular complexity index is 586. The van der Waals surface area contributed by atoms with Gasteiger partial charge < -0.3 is 4.57 Å². The molecule has 94 valence electrons. The Morgan fingerprint density at radius 1 is 1.39 bits per heavy atom. The van der Waals surface area contributed by atoms with Crippen molar-refractivity contribution in [2.45, 2.75) is 33.2 Å². The second kappa shape index (κ2) is 4.54. The maximum Gasteiger partial charge on any atom is 0.141 e. The lowest BCUT2D eigenvalue weighted by atomic mass is 10.00. The summed E-state index contributed by atoms with van der Waals surface area (Å²) in [5.41, 5.74) is 3.85. The Balaban J connectivity index is 2.13. The van der Waals surface area contributed by atoms with Crippen molar-refractivity contribution in [1.29, 1.82) is 0 Å². The van der Waals surface area contributed by atoms with E-state index in [0.717, 1.165) is 29.3 Å². The van der Waals surface area contributed by atoms with Crippen LogP contribution in [0.3, 0.4) is 0 Å². The number of nitrogens with zero attached hydrogens (tertiary/aromatic N) is 2. The molecular weight excluding hydrogens is 288 g/mol. The van der Waals surface area contributed by atoms with Crippen LogP contribution in [0, 0.1) is 12.8 Å². The van der Waals surface area contributed by atoms with E-state index >= 15 is 0 Å². The SMILES string of the molecule is Cc1cccc(-c2nc(Br)c3n2CC(C)CC3)c1. The Labute approximate surface area is 116 Å². The molecule has 0 saturated carbocycles. The molecular formula is C15H17BrN2. The van der Waals surface area contributed by atoms with E-state index in [-0.39, 0.29) is 0 Å². The number of hydrogen-bond acceptors (Lipinski definition) is 1. The molecule has 0 aliphatic carbocycles. The van der Waals surface area contributed by atoms with Crippen molar-refractivity contribution in [3.8, 4) is 11.4 Å². The van der Waals surface area contributed by atoms with Gasteiger partial charge in [-0.25, -0.2) is 4.98 Å². The summed E-state index contributed by atoms with van der Waals surface area (Å²) in [5, 5.41) is 0. The molecule has 0 amide bonds. The zero-order valence-electron chi connectivity index (χ0n) is 10.8. The smallest absolute Gasteiger partial charge is 0.141 e. The molecule has 1 aromatic heterocycles. The van der Waals surface area contributed by atoms with E-state index in [9.17, 15) is 0 Å². The first-order chi connectivity index (χ1) is 8.65. The van der Waals surface area contributed by atoms with Crippen LogP contribution in [-0.2, 0) is 13.0 Å². The van der Waals surface area contributed by atoms with E-state index in [0.29, 0.717) is 0 Å². The van der Waals surface area contributed by atoms with Crippen LogP contribution in [0.25, 0.3) is 11.4 Å². The number of fused-ring (bicyclic) bond motifs is 1. The standard InChI is InChI=1S/C15H17BrN2/c1-10-4-3-5-12(8-10)15-17-14(16)13-7-6-11(2)9-18(13)15/h3-5,8,11H,6-7,9H2,1-2H3. The van der Waals surface area contributed by atoms with E-state index in [1.54, 1.807) is 0 Å². The number of imidazole rings is 1. The van der Waals surface area contributed by atoms with E-state index < -0.39 is 0 Å². The van der Waals surface area contributed by atoms with Gasteiger partial charge in [-0.2, -0.15) is 0 Å². The fourth-order valence-corrected chi connectivity index (χ4v) is 3.26. The average molecular weight is 305 g/mol. The van der Waals surface area contributed by atoms with Crippen molar-refractivity contribution in [3.05, 3.63) is 40.1 Å². The van der Waals surface area contributed by atoms with Crippen molar-refractivity contribution < 1.29 is 0 Å². The monoisotopic (exact) mass is 304 g/mol. The number of benzene rings is 1. The maximum atomic E-state index is 4.72. The normalized spacial score (nSPS) is 18.7. The Morgan fingerprint density at radius 3 is 3.00 bits per heavy atom. The van der Waals surface area contributed by atoms with Gasteiger partial charge in [-0.1, -0.05) is 30.7 Å². The second-order valence-electron chi connectivity index (χ2n) is 5.30. The molecule has 0 spiro atoms. The Kier molecular flexibility index (Phi) is 3.02. The lowest BCUT2D eigenvalue weighted by molar-refractivity contribution is 0.401. The maximum absolute atomic E-state index is 4.72. The van der Waals surface area contributed by atoms with E-state index in [1.165, 1.54) is 23.2 Å². The molecule has 2 heterocycles. The van der Waals surface area contributed by atoms with Gasteiger partial charge in [-0.05, 0) is 47.7 Å². The number of hydrogen-bond donors (Lipinski definition) is 0. The second-order valence-corrected chi connectivity index (χ2v) is 6.05. The van der Waals surface area contributed by atoms with Crippen molar-refractivity contribution >= 4 is 15.9 Å². The van der Waals surface area contributed by atoms with Gasteiger partial charge in [-0.15, -0.1) is 0 Å². The molecule has 18 heavy (non-hydrogen) atoms. The summed E-state index contributed by atoms with van der Waals surface area (Å²) in [5.74, 6) is 1.84. The first-order valence-electron chi connectivity index (χ1n) is 6.47. The van der Waals surface area contributed by atoms with Gasteiger partial charge in [0.25, 0.3) is 0 Å². The molecule has 1 aliphatic heterocycles. The third-order valence-corrected chi connectivity index (χ3v) is 4.30. The van der Waals surface area contributed by atoms with Gasteiger partial charge in [0.15, 0.2) is 0 Å². The van der Waals surface area contributed by atoms with Crippen molar-refractivity contribution in [1.82, 2.24) is 9.55 Å². The highest BCUT2D eigenvalue weighted by Crippen LogP contribution is 2.32. The first kappa shape index (κ1) is 12.0. The molecule has 0 fully saturated rings. The molecule has 1 aromatic carbocycles. The molecule has 3 rings (SSSR count). The average Bonchev–Trinajstić information content (AvgIpc) is 2.66. The number of aryl methyl sites for hydroxylation is 1. The Morgan fingerprint density at radius 2 is 2.22 bits per heavy atom. The predicted molar refractivity (Wildman–Crippen MR) is 77.6 cm³/mol. The molecule has 0 bridgehead atoms. The third-order valence-electron chi connectivity index (χ3n) is 3.67. The minimum absolute atomic E-state index is 0.738. The van der Waals surface area contributed by atoms with Crippen LogP contribution in [0.15, 0.2) is 28.9 Å². The fraction of sp³-hybridized carbons (Fsp3) is 0.400. The van der Waals surface area contributed by atoms with Gasteiger partial charge in [-0.3, -0.25) is 0 Å². The van der Waals surface area contributed by atoms with E-state index in [2.05, 4.69) is 58.6 Å². The quantitative estimate of drug-likeness (QED) is 0.772. The largest absolute Gasteiger partial charge is 0.327 e. The van der Waals surface area contributed by atoms with Crippen LogP contribution in [0.2, 0.25) is 0 Å². The third kappa shape index (κ3) is 2.01. The summed E-state index contributed by atoms with van der Waals surface area (Å²) in [7, 11) is 0. The van der Waals surface area contributed by atoms with Crippen LogP contribution >= 0.6 is 15.9 Å². The molecule has 0 N–H and O–H groups in total. The number of halogens is 1. The van der Waals surface area contributed by atoms with Crippen LogP contribution in [-0.4, -0.2) is 9.55 Å². The summed E-state index contributed by atoms with van der Waals surface area (Å²) in [6, 6.07) is 8.59. The predicted octanol–water partition coefficient (Wildman–Crippen LogP) is 4.20. The molecule has 1 unspecified atom stereocenters.